The Labute approximate surface area is 100 Å². The molecule has 16 heavy (non-hydrogen) atoms. The van der Waals surface area contributed by atoms with Crippen molar-refractivity contribution in [2.24, 2.45) is 0 Å². The zero-order chi connectivity index (χ0) is 11.4. The maximum atomic E-state index is 4.39. The summed E-state index contributed by atoms with van der Waals surface area (Å²) in [5.41, 5.74) is 1.36. The maximum Gasteiger partial charge on any atom is 0.113 e. The molecule has 2 rings (SSSR count). The van der Waals surface area contributed by atoms with E-state index < -0.39 is 0 Å². The number of nitrogens with one attached hydrogen (secondary N) is 1. The smallest absolute Gasteiger partial charge is 0.113 e. The van der Waals surface area contributed by atoms with Crippen LogP contribution in [0.3, 0.4) is 0 Å². The highest BCUT2D eigenvalue weighted by molar-refractivity contribution is 7.10. The van der Waals surface area contributed by atoms with Gasteiger partial charge in [-0.3, -0.25) is 0 Å². The largest absolute Gasteiger partial charge is 0.335 e. The summed E-state index contributed by atoms with van der Waals surface area (Å²) in [6.45, 7) is 4.08. The Bertz CT molecular complexity index is 445. The fraction of sp³-hybridized carbons (Fsp3) is 0.417. The Morgan fingerprint density at radius 1 is 1.50 bits per heavy atom. The normalized spacial score (nSPS) is 10.9. The molecule has 0 bridgehead atoms. The lowest BCUT2D eigenvalue weighted by Gasteiger charge is -2.02. The van der Waals surface area contributed by atoms with Crippen molar-refractivity contribution in [3.05, 3.63) is 40.1 Å². The average Bonchev–Trinajstić information content (AvgIpc) is 2.89. The molecule has 0 amide bonds. The quantitative estimate of drug-likeness (QED) is 0.861. The standard InChI is InChI=1S/C12H17N3S/c1-3-15-5-4-14-12(15)7-10-6-11(8-13-2)16-9-10/h4-6,9,13H,3,7-8H2,1-2H3. The van der Waals surface area contributed by atoms with Gasteiger partial charge in [0.15, 0.2) is 0 Å². The van der Waals surface area contributed by atoms with E-state index in [1.165, 1.54) is 10.4 Å². The third-order valence-electron chi connectivity index (χ3n) is 2.56. The van der Waals surface area contributed by atoms with Gasteiger partial charge in [0.25, 0.3) is 0 Å². The fourth-order valence-corrected chi connectivity index (χ4v) is 2.66. The van der Waals surface area contributed by atoms with E-state index in [-0.39, 0.29) is 0 Å². The number of hydrogen-bond donors (Lipinski definition) is 1. The molecule has 0 radical (unpaired) electrons. The van der Waals surface area contributed by atoms with Crippen LogP contribution >= 0.6 is 11.3 Å². The van der Waals surface area contributed by atoms with Gasteiger partial charge < -0.3 is 9.88 Å². The van der Waals surface area contributed by atoms with E-state index in [0.717, 1.165) is 25.3 Å². The Hall–Kier alpha value is -1.13. The number of thiophene rings is 1. The summed E-state index contributed by atoms with van der Waals surface area (Å²) < 4.78 is 2.19. The second kappa shape index (κ2) is 5.27. The molecule has 0 aliphatic carbocycles. The number of hydrogen-bond acceptors (Lipinski definition) is 3. The molecule has 0 saturated carbocycles. The van der Waals surface area contributed by atoms with E-state index >= 15 is 0 Å². The van der Waals surface area contributed by atoms with Crippen molar-refractivity contribution < 1.29 is 0 Å². The van der Waals surface area contributed by atoms with Crippen LogP contribution in [0, 0.1) is 0 Å². The van der Waals surface area contributed by atoms with Gasteiger partial charge >= 0.3 is 0 Å². The van der Waals surface area contributed by atoms with Crippen LogP contribution in [0.4, 0.5) is 0 Å². The first-order valence-corrected chi connectivity index (χ1v) is 6.42. The van der Waals surface area contributed by atoms with Crippen molar-refractivity contribution >= 4 is 11.3 Å². The third-order valence-corrected chi connectivity index (χ3v) is 3.55. The molecular weight excluding hydrogens is 218 g/mol. The summed E-state index contributed by atoms with van der Waals surface area (Å²) in [6.07, 6.45) is 4.84. The molecule has 2 heterocycles. The molecule has 86 valence electrons. The monoisotopic (exact) mass is 235 g/mol. The fourth-order valence-electron chi connectivity index (χ4n) is 1.76. The van der Waals surface area contributed by atoms with Crippen LogP contribution in [0.2, 0.25) is 0 Å². The van der Waals surface area contributed by atoms with Crippen molar-refractivity contribution in [3.8, 4) is 0 Å². The highest BCUT2D eigenvalue weighted by atomic mass is 32.1. The molecule has 0 aromatic carbocycles. The zero-order valence-electron chi connectivity index (χ0n) is 9.73. The lowest BCUT2D eigenvalue weighted by atomic mass is 10.2. The lowest BCUT2D eigenvalue weighted by molar-refractivity contribution is 0.712. The molecule has 0 atom stereocenters. The van der Waals surface area contributed by atoms with Crippen LogP contribution in [-0.2, 0) is 19.5 Å². The predicted octanol–water partition coefficient (Wildman–Crippen LogP) is 2.27. The zero-order valence-corrected chi connectivity index (χ0v) is 10.5. The summed E-state index contributed by atoms with van der Waals surface area (Å²) >= 11 is 1.81. The maximum absolute atomic E-state index is 4.39. The number of nitrogens with zero attached hydrogens (tertiary/aromatic N) is 2. The van der Waals surface area contributed by atoms with Crippen molar-refractivity contribution in [3.63, 3.8) is 0 Å². The van der Waals surface area contributed by atoms with Crippen LogP contribution in [-0.4, -0.2) is 16.6 Å². The molecule has 0 aliphatic heterocycles. The molecule has 4 heteroatoms. The molecule has 3 nitrogen and oxygen atoms in total. The van der Waals surface area contributed by atoms with Gasteiger partial charge in [0, 0.05) is 36.8 Å². The Morgan fingerprint density at radius 2 is 2.38 bits per heavy atom. The number of rotatable bonds is 5. The van der Waals surface area contributed by atoms with Gasteiger partial charge in [-0.1, -0.05) is 0 Å². The summed E-state index contributed by atoms with van der Waals surface area (Å²) in [7, 11) is 1.98. The molecule has 2 aromatic rings. The van der Waals surface area contributed by atoms with E-state index in [9.17, 15) is 0 Å². The molecule has 2 aromatic heterocycles. The van der Waals surface area contributed by atoms with Crippen LogP contribution < -0.4 is 5.32 Å². The highest BCUT2D eigenvalue weighted by Gasteiger charge is 2.05. The SMILES string of the molecule is CCn1ccnc1Cc1csc(CNC)c1. The average molecular weight is 235 g/mol. The Balaban J connectivity index is 2.08. The highest BCUT2D eigenvalue weighted by Crippen LogP contribution is 2.17. The summed E-state index contributed by atoms with van der Waals surface area (Å²) in [4.78, 5) is 5.77. The van der Waals surface area contributed by atoms with Gasteiger partial charge in [-0.2, -0.15) is 0 Å². The summed E-state index contributed by atoms with van der Waals surface area (Å²) in [5, 5.41) is 5.39. The Kier molecular flexibility index (Phi) is 3.74. The van der Waals surface area contributed by atoms with E-state index in [1.54, 1.807) is 0 Å². The van der Waals surface area contributed by atoms with E-state index in [2.05, 4.69) is 33.2 Å². The second-order valence-corrected chi connectivity index (χ2v) is 4.75. The van der Waals surface area contributed by atoms with E-state index in [0.29, 0.717) is 0 Å². The first-order chi connectivity index (χ1) is 7.83. The van der Waals surface area contributed by atoms with Crippen molar-refractivity contribution in [1.29, 1.82) is 0 Å². The molecule has 0 spiro atoms. The van der Waals surface area contributed by atoms with Crippen LogP contribution in [0.15, 0.2) is 23.8 Å². The number of aromatic nitrogens is 2. The third kappa shape index (κ3) is 2.51. The van der Waals surface area contributed by atoms with Crippen molar-refractivity contribution in [1.82, 2.24) is 14.9 Å². The first kappa shape index (κ1) is 11.4. The van der Waals surface area contributed by atoms with Crippen molar-refractivity contribution in [2.45, 2.75) is 26.4 Å². The first-order valence-electron chi connectivity index (χ1n) is 5.54. The lowest BCUT2D eigenvalue weighted by Crippen LogP contribution is -2.03. The Morgan fingerprint density at radius 3 is 3.12 bits per heavy atom. The molecule has 0 aliphatic rings. The van der Waals surface area contributed by atoms with E-state index in [4.69, 9.17) is 0 Å². The molecule has 0 fully saturated rings. The van der Waals surface area contributed by atoms with Gasteiger partial charge in [-0.05, 0) is 31.0 Å². The predicted molar refractivity (Wildman–Crippen MR) is 67.8 cm³/mol. The van der Waals surface area contributed by atoms with Crippen molar-refractivity contribution in [2.75, 3.05) is 7.05 Å². The summed E-state index contributed by atoms with van der Waals surface area (Å²) in [5.74, 6) is 1.15. The van der Waals surface area contributed by atoms with E-state index in [1.807, 2.05) is 30.8 Å². The molecule has 0 saturated heterocycles. The topological polar surface area (TPSA) is 29.9 Å². The molecular formula is C12H17N3S. The molecule has 1 N–H and O–H groups in total. The second-order valence-electron chi connectivity index (χ2n) is 3.76. The minimum absolute atomic E-state index is 0.932. The van der Waals surface area contributed by atoms with Gasteiger partial charge in [0.1, 0.15) is 5.82 Å². The van der Waals surface area contributed by atoms with Crippen LogP contribution in [0.25, 0.3) is 0 Å². The van der Waals surface area contributed by atoms with Crippen LogP contribution in [0.1, 0.15) is 23.2 Å². The van der Waals surface area contributed by atoms with Gasteiger partial charge in [-0.15, -0.1) is 11.3 Å². The van der Waals surface area contributed by atoms with Gasteiger partial charge in [-0.25, -0.2) is 4.98 Å². The number of aryl methyl sites for hydroxylation is 1. The van der Waals surface area contributed by atoms with Gasteiger partial charge in [0.2, 0.25) is 0 Å². The minimum Gasteiger partial charge on any atom is -0.335 e. The minimum atomic E-state index is 0.932. The molecule has 0 unspecified atom stereocenters. The number of imidazole rings is 1. The summed E-state index contributed by atoms with van der Waals surface area (Å²) in [6, 6.07) is 2.26. The van der Waals surface area contributed by atoms with Crippen LogP contribution in [0.5, 0.6) is 0 Å². The van der Waals surface area contributed by atoms with Gasteiger partial charge in [0.05, 0.1) is 0 Å².